The molecule has 0 spiro atoms. The smallest absolute Gasteiger partial charge is 0.119 e. The van der Waals surface area contributed by atoms with E-state index in [0.717, 1.165) is 31.4 Å². The number of hydrogen-bond donors (Lipinski definition) is 1. The minimum Gasteiger partial charge on any atom is -0.494 e. The van der Waals surface area contributed by atoms with Crippen LogP contribution in [0.15, 0.2) is 24.3 Å². The van der Waals surface area contributed by atoms with Gasteiger partial charge in [-0.25, -0.2) is 0 Å². The molecule has 0 aliphatic heterocycles. The number of rotatable bonds is 7. The van der Waals surface area contributed by atoms with Crippen molar-refractivity contribution in [3.8, 4) is 5.75 Å². The van der Waals surface area contributed by atoms with Gasteiger partial charge < -0.3 is 10.1 Å². The van der Waals surface area contributed by atoms with Crippen LogP contribution in [0.4, 0.5) is 0 Å². The van der Waals surface area contributed by atoms with E-state index in [1.165, 1.54) is 37.7 Å². The molecule has 112 valence electrons. The first-order valence-electron chi connectivity index (χ1n) is 8.22. The van der Waals surface area contributed by atoms with E-state index in [1.54, 1.807) is 0 Å². The molecule has 0 atom stereocenters. The fourth-order valence-electron chi connectivity index (χ4n) is 2.82. The molecular weight excluding hydrogens is 246 g/mol. The van der Waals surface area contributed by atoms with E-state index in [1.807, 2.05) is 0 Å². The van der Waals surface area contributed by atoms with Gasteiger partial charge in [0.1, 0.15) is 5.75 Å². The molecule has 1 aliphatic carbocycles. The second-order valence-electron chi connectivity index (χ2n) is 6.21. The summed E-state index contributed by atoms with van der Waals surface area (Å²) >= 11 is 0. The Hall–Kier alpha value is -1.02. The van der Waals surface area contributed by atoms with Crippen LogP contribution in [-0.4, -0.2) is 19.2 Å². The summed E-state index contributed by atoms with van der Waals surface area (Å²) in [5.41, 5.74) is 1.37. The number of nitrogens with one attached hydrogen (secondary N) is 1. The predicted octanol–water partition coefficient (Wildman–Crippen LogP) is 4.50. The van der Waals surface area contributed by atoms with Crippen LogP contribution >= 0.6 is 0 Å². The summed E-state index contributed by atoms with van der Waals surface area (Å²) in [6.07, 6.45) is 8.03. The van der Waals surface area contributed by atoms with Crippen LogP contribution in [0, 0.1) is 0 Å². The monoisotopic (exact) mass is 275 g/mol. The van der Waals surface area contributed by atoms with Gasteiger partial charge in [-0.2, -0.15) is 0 Å². The Kier molecular flexibility index (Phi) is 6.38. The van der Waals surface area contributed by atoms with Gasteiger partial charge >= 0.3 is 0 Å². The van der Waals surface area contributed by atoms with Crippen LogP contribution in [0.1, 0.15) is 63.9 Å². The van der Waals surface area contributed by atoms with E-state index in [4.69, 9.17) is 4.74 Å². The van der Waals surface area contributed by atoms with Crippen LogP contribution in [-0.2, 0) is 0 Å². The lowest BCUT2D eigenvalue weighted by Crippen LogP contribution is -2.32. The zero-order chi connectivity index (χ0) is 14.2. The Morgan fingerprint density at radius 2 is 1.80 bits per heavy atom. The molecule has 0 saturated heterocycles. The van der Waals surface area contributed by atoms with E-state index in [0.29, 0.717) is 5.92 Å². The summed E-state index contributed by atoms with van der Waals surface area (Å²) in [6.45, 7) is 6.31. The number of ether oxygens (including phenoxy) is 1. The van der Waals surface area contributed by atoms with E-state index in [-0.39, 0.29) is 0 Å². The molecule has 0 heterocycles. The van der Waals surface area contributed by atoms with E-state index < -0.39 is 0 Å². The van der Waals surface area contributed by atoms with Crippen molar-refractivity contribution in [3.63, 3.8) is 0 Å². The first-order valence-corrected chi connectivity index (χ1v) is 8.22. The highest BCUT2D eigenvalue weighted by molar-refractivity contribution is 5.28. The fraction of sp³-hybridized carbons (Fsp3) is 0.667. The highest BCUT2D eigenvalue weighted by Gasteiger charge is 2.11. The van der Waals surface area contributed by atoms with Crippen LogP contribution in [0.5, 0.6) is 5.75 Å². The predicted molar refractivity (Wildman–Crippen MR) is 85.5 cm³/mol. The second-order valence-corrected chi connectivity index (χ2v) is 6.21. The Morgan fingerprint density at radius 1 is 1.10 bits per heavy atom. The first kappa shape index (κ1) is 15.4. The maximum atomic E-state index is 5.79. The molecule has 2 nitrogen and oxygen atoms in total. The zero-order valence-electron chi connectivity index (χ0n) is 13.0. The molecule has 0 aromatic heterocycles. The van der Waals surface area contributed by atoms with E-state index in [9.17, 15) is 0 Å². The highest BCUT2D eigenvalue weighted by Crippen LogP contribution is 2.19. The molecule has 1 saturated carbocycles. The maximum Gasteiger partial charge on any atom is 0.119 e. The molecule has 2 rings (SSSR count). The Balaban J connectivity index is 1.58. The van der Waals surface area contributed by atoms with Gasteiger partial charge in [-0.15, -0.1) is 0 Å². The number of hydrogen-bond acceptors (Lipinski definition) is 2. The van der Waals surface area contributed by atoms with Gasteiger partial charge in [-0.1, -0.05) is 45.2 Å². The SMILES string of the molecule is CC(C)c1ccc(OCCCNC2CCCCC2)cc1. The third-order valence-corrected chi connectivity index (χ3v) is 4.17. The van der Waals surface area contributed by atoms with Crippen molar-refractivity contribution < 1.29 is 4.74 Å². The minimum absolute atomic E-state index is 0.587. The molecule has 2 heteroatoms. The van der Waals surface area contributed by atoms with Crippen LogP contribution in [0.25, 0.3) is 0 Å². The van der Waals surface area contributed by atoms with Gasteiger partial charge in [-0.05, 0) is 49.4 Å². The summed E-state index contributed by atoms with van der Waals surface area (Å²) in [6, 6.07) is 9.27. The van der Waals surface area contributed by atoms with Gasteiger partial charge in [0.25, 0.3) is 0 Å². The van der Waals surface area contributed by atoms with Gasteiger partial charge in [0.05, 0.1) is 6.61 Å². The Morgan fingerprint density at radius 3 is 2.45 bits per heavy atom. The van der Waals surface area contributed by atoms with Crippen molar-refractivity contribution in [2.45, 2.75) is 64.3 Å². The van der Waals surface area contributed by atoms with Crippen LogP contribution in [0.3, 0.4) is 0 Å². The topological polar surface area (TPSA) is 21.3 Å². The first-order chi connectivity index (χ1) is 9.75. The Bertz CT molecular complexity index is 366. The zero-order valence-corrected chi connectivity index (χ0v) is 13.0. The lowest BCUT2D eigenvalue weighted by atomic mass is 9.95. The molecule has 0 amide bonds. The minimum atomic E-state index is 0.587. The molecule has 1 aromatic rings. The lowest BCUT2D eigenvalue weighted by Gasteiger charge is -2.22. The molecular formula is C18H29NO. The summed E-state index contributed by atoms with van der Waals surface area (Å²) in [5.74, 6) is 1.58. The average Bonchev–Trinajstić information content (AvgIpc) is 2.48. The van der Waals surface area contributed by atoms with E-state index >= 15 is 0 Å². The molecule has 20 heavy (non-hydrogen) atoms. The summed E-state index contributed by atoms with van der Waals surface area (Å²) in [4.78, 5) is 0. The van der Waals surface area contributed by atoms with Gasteiger partial charge in [-0.3, -0.25) is 0 Å². The fourth-order valence-corrected chi connectivity index (χ4v) is 2.82. The van der Waals surface area contributed by atoms with Crippen LogP contribution < -0.4 is 10.1 Å². The van der Waals surface area contributed by atoms with Gasteiger partial charge in [0, 0.05) is 6.04 Å². The normalized spacial score (nSPS) is 16.6. The Labute approximate surface area is 123 Å². The molecule has 0 radical (unpaired) electrons. The van der Waals surface area contributed by atoms with Crippen molar-refractivity contribution >= 4 is 0 Å². The second kappa shape index (κ2) is 8.31. The molecule has 1 N–H and O–H groups in total. The summed E-state index contributed by atoms with van der Waals surface area (Å²) < 4.78 is 5.79. The maximum absolute atomic E-state index is 5.79. The van der Waals surface area contributed by atoms with E-state index in [2.05, 4.69) is 43.4 Å². The quantitative estimate of drug-likeness (QED) is 0.740. The van der Waals surface area contributed by atoms with Crippen molar-refractivity contribution in [3.05, 3.63) is 29.8 Å². The molecule has 0 unspecified atom stereocenters. The third kappa shape index (κ3) is 5.16. The lowest BCUT2D eigenvalue weighted by molar-refractivity contribution is 0.297. The number of benzene rings is 1. The molecule has 1 aromatic carbocycles. The van der Waals surface area contributed by atoms with Gasteiger partial charge in [0.15, 0.2) is 0 Å². The largest absolute Gasteiger partial charge is 0.494 e. The average molecular weight is 275 g/mol. The van der Waals surface area contributed by atoms with Crippen molar-refractivity contribution in [1.82, 2.24) is 5.32 Å². The van der Waals surface area contributed by atoms with Crippen LogP contribution in [0.2, 0.25) is 0 Å². The third-order valence-electron chi connectivity index (χ3n) is 4.17. The molecule has 0 bridgehead atoms. The van der Waals surface area contributed by atoms with Crippen molar-refractivity contribution in [2.75, 3.05) is 13.2 Å². The highest BCUT2D eigenvalue weighted by atomic mass is 16.5. The van der Waals surface area contributed by atoms with Crippen molar-refractivity contribution in [1.29, 1.82) is 0 Å². The summed E-state index contributed by atoms with van der Waals surface area (Å²) in [7, 11) is 0. The molecule has 1 fully saturated rings. The standard InChI is InChI=1S/C18H29NO/c1-15(2)16-9-11-18(12-10-16)20-14-6-13-19-17-7-4-3-5-8-17/h9-12,15,17,19H,3-8,13-14H2,1-2H3. The summed E-state index contributed by atoms with van der Waals surface area (Å²) in [5, 5.41) is 3.65. The van der Waals surface area contributed by atoms with Crippen molar-refractivity contribution in [2.24, 2.45) is 0 Å². The van der Waals surface area contributed by atoms with Gasteiger partial charge in [0.2, 0.25) is 0 Å². The molecule has 1 aliphatic rings.